The maximum Gasteiger partial charge on any atom is 0.189 e. The van der Waals surface area contributed by atoms with Crippen LogP contribution >= 0.6 is 11.8 Å². The van der Waals surface area contributed by atoms with Crippen molar-refractivity contribution in [1.29, 1.82) is 0 Å². The third-order valence-electron chi connectivity index (χ3n) is 4.16. The molecule has 3 unspecified atom stereocenters. The first-order valence-electron chi connectivity index (χ1n) is 6.43. The van der Waals surface area contributed by atoms with Gasteiger partial charge in [0.25, 0.3) is 0 Å². The zero-order chi connectivity index (χ0) is 12.5. The Morgan fingerprint density at radius 1 is 1.44 bits per heavy atom. The van der Waals surface area contributed by atoms with Crippen LogP contribution in [-0.2, 0) is 0 Å². The Morgan fingerprint density at radius 2 is 2.33 bits per heavy atom. The van der Waals surface area contributed by atoms with Gasteiger partial charge in [-0.15, -0.1) is 0 Å². The number of hydrogen-bond acceptors (Lipinski definition) is 5. The zero-order valence-electron chi connectivity index (χ0n) is 10.4. The molecule has 0 aliphatic heterocycles. The van der Waals surface area contributed by atoms with Crippen LogP contribution in [0.15, 0.2) is 11.4 Å². The van der Waals surface area contributed by atoms with Crippen molar-refractivity contribution in [2.75, 3.05) is 11.6 Å². The third-order valence-corrected chi connectivity index (χ3v) is 4.73. The van der Waals surface area contributed by atoms with Crippen molar-refractivity contribution in [1.82, 2.24) is 9.97 Å². The molecule has 0 amide bonds. The van der Waals surface area contributed by atoms with E-state index in [4.69, 9.17) is 0 Å². The standard InChI is InChI=1S/C13H17N3OS/c1-18-13-14-6-10(7-17)12(16-13)15-11-5-8-2-3-9(11)4-8/h6-9,11H,2-5H2,1H3,(H,14,15,16). The lowest BCUT2D eigenvalue weighted by atomic mass is 9.95. The maximum atomic E-state index is 11.0. The van der Waals surface area contributed by atoms with Crippen molar-refractivity contribution in [3.63, 3.8) is 0 Å². The van der Waals surface area contributed by atoms with Crippen LogP contribution in [0.25, 0.3) is 0 Å². The van der Waals surface area contributed by atoms with Crippen LogP contribution in [0.4, 0.5) is 5.82 Å². The number of fused-ring (bicyclic) bond motifs is 2. The summed E-state index contributed by atoms with van der Waals surface area (Å²) in [6, 6.07) is 0.493. The number of nitrogens with one attached hydrogen (secondary N) is 1. The molecule has 0 saturated heterocycles. The van der Waals surface area contributed by atoms with E-state index in [2.05, 4.69) is 15.3 Å². The SMILES string of the molecule is CSc1ncc(C=O)c(NC2CC3CCC2C3)n1. The fourth-order valence-electron chi connectivity index (χ4n) is 3.27. The number of rotatable bonds is 4. The molecule has 3 rings (SSSR count). The van der Waals surface area contributed by atoms with Gasteiger partial charge in [0.05, 0.1) is 5.56 Å². The van der Waals surface area contributed by atoms with Gasteiger partial charge in [-0.3, -0.25) is 4.79 Å². The number of carbonyl (C=O) groups excluding carboxylic acids is 1. The van der Waals surface area contributed by atoms with Gasteiger partial charge in [-0.1, -0.05) is 18.2 Å². The minimum Gasteiger partial charge on any atom is -0.366 e. The van der Waals surface area contributed by atoms with Crippen molar-refractivity contribution < 1.29 is 4.79 Å². The minimum atomic E-state index is 0.493. The van der Waals surface area contributed by atoms with Gasteiger partial charge >= 0.3 is 0 Å². The second-order valence-electron chi connectivity index (χ2n) is 5.20. The highest BCUT2D eigenvalue weighted by molar-refractivity contribution is 7.98. The van der Waals surface area contributed by atoms with Gasteiger partial charge < -0.3 is 5.32 Å². The second-order valence-corrected chi connectivity index (χ2v) is 5.98. The van der Waals surface area contributed by atoms with E-state index < -0.39 is 0 Å². The van der Waals surface area contributed by atoms with E-state index in [0.717, 1.165) is 18.1 Å². The molecule has 2 saturated carbocycles. The lowest BCUT2D eigenvalue weighted by Gasteiger charge is -2.24. The highest BCUT2D eigenvalue weighted by Gasteiger charge is 2.39. The molecule has 1 aromatic rings. The number of aldehydes is 1. The zero-order valence-corrected chi connectivity index (χ0v) is 11.2. The number of nitrogens with zero attached hydrogens (tertiary/aromatic N) is 2. The van der Waals surface area contributed by atoms with Crippen LogP contribution < -0.4 is 5.32 Å². The van der Waals surface area contributed by atoms with Crippen LogP contribution in [-0.4, -0.2) is 28.6 Å². The third kappa shape index (κ3) is 2.11. The summed E-state index contributed by atoms with van der Waals surface area (Å²) in [6.07, 6.45) is 9.65. The van der Waals surface area contributed by atoms with E-state index >= 15 is 0 Å². The van der Waals surface area contributed by atoms with Crippen molar-refractivity contribution in [2.24, 2.45) is 11.8 Å². The van der Waals surface area contributed by atoms with E-state index in [1.54, 1.807) is 6.20 Å². The van der Waals surface area contributed by atoms with E-state index in [9.17, 15) is 4.79 Å². The fourth-order valence-corrected chi connectivity index (χ4v) is 3.61. The smallest absolute Gasteiger partial charge is 0.189 e. The van der Waals surface area contributed by atoms with E-state index in [0.29, 0.717) is 22.6 Å². The molecule has 5 heteroatoms. The topological polar surface area (TPSA) is 54.9 Å². The summed E-state index contributed by atoms with van der Waals surface area (Å²) < 4.78 is 0. The van der Waals surface area contributed by atoms with Crippen LogP contribution in [0.3, 0.4) is 0 Å². The minimum absolute atomic E-state index is 0.493. The van der Waals surface area contributed by atoms with E-state index in [1.165, 1.54) is 37.4 Å². The Kier molecular flexibility index (Phi) is 3.24. The second kappa shape index (κ2) is 4.88. The summed E-state index contributed by atoms with van der Waals surface area (Å²) in [5, 5.41) is 4.18. The van der Waals surface area contributed by atoms with Crippen molar-refractivity contribution in [3.05, 3.63) is 11.8 Å². The molecule has 96 valence electrons. The Balaban J connectivity index is 1.80. The van der Waals surface area contributed by atoms with E-state index in [-0.39, 0.29) is 0 Å². The van der Waals surface area contributed by atoms with Crippen LogP contribution in [0, 0.1) is 11.8 Å². The molecule has 0 radical (unpaired) electrons. The normalized spacial score (nSPS) is 29.5. The van der Waals surface area contributed by atoms with Crippen LogP contribution in [0.5, 0.6) is 0 Å². The first kappa shape index (κ1) is 12.0. The molecule has 0 aromatic carbocycles. The van der Waals surface area contributed by atoms with Gasteiger partial charge in [-0.05, 0) is 37.4 Å². The quantitative estimate of drug-likeness (QED) is 0.514. The van der Waals surface area contributed by atoms with Crippen LogP contribution in [0.2, 0.25) is 0 Å². The van der Waals surface area contributed by atoms with Crippen molar-refractivity contribution in [2.45, 2.75) is 36.9 Å². The molecule has 1 heterocycles. The Bertz CT molecular complexity index is 466. The molecule has 18 heavy (non-hydrogen) atoms. The molecule has 2 fully saturated rings. The largest absolute Gasteiger partial charge is 0.366 e. The average Bonchev–Trinajstić information content (AvgIpc) is 3.01. The van der Waals surface area contributed by atoms with Crippen LogP contribution in [0.1, 0.15) is 36.0 Å². The molecule has 0 spiro atoms. The lowest BCUT2D eigenvalue weighted by Crippen LogP contribution is -2.27. The fraction of sp³-hybridized carbons (Fsp3) is 0.615. The van der Waals surface area contributed by atoms with Crippen molar-refractivity contribution in [3.8, 4) is 0 Å². The summed E-state index contributed by atoms with van der Waals surface area (Å²) in [5.41, 5.74) is 0.565. The Hall–Kier alpha value is -1.10. The summed E-state index contributed by atoms with van der Waals surface area (Å²) in [5.74, 6) is 2.36. The molecule has 4 nitrogen and oxygen atoms in total. The predicted octanol–water partition coefficient (Wildman–Crippen LogP) is 2.61. The Morgan fingerprint density at radius 3 is 2.94 bits per heavy atom. The number of carbonyl (C=O) groups is 1. The highest BCUT2D eigenvalue weighted by atomic mass is 32.2. The molecular weight excluding hydrogens is 246 g/mol. The van der Waals surface area contributed by atoms with Gasteiger partial charge in [0.15, 0.2) is 11.4 Å². The van der Waals surface area contributed by atoms with Gasteiger partial charge in [-0.2, -0.15) is 0 Å². The number of anilines is 1. The molecule has 3 atom stereocenters. The highest BCUT2D eigenvalue weighted by Crippen LogP contribution is 2.45. The monoisotopic (exact) mass is 263 g/mol. The predicted molar refractivity (Wildman–Crippen MR) is 72.1 cm³/mol. The molecule has 2 bridgehead atoms. The summed E-state index contributed by atoms with van der Waals surface area (Å²) in [6.45, 7) is 0. The number of hydrogen-bond donors (Lipinski definition) is 1. The van der Waals surface area contributed by atoms with E-state index in [1.807, 2.05) is 6.26 Å². The summed E-state index contributed by atoms with van der Waals surface area (Å²) in [4.78, 5) is 19.6. The summed E-state index contributed by atoms with van der Waals surface area (Å²) in [7, 11) is 0. The molecule has 1 aromatic heterocycles. The van der Waals surface area contributed by atoms with Gasteiger partial charge in [-0.25, -0.2) is 9.97 Å². The van der Waals surface area contributed by atoms with Gasteiger partial charge in [0.2, 0.25) is 0 Å². The molecule has 2 aliphatic rings. The van der Waals surface area contributed by atoms with Gasteiger partial charge in [0, 0.05) is 12.2 Å². The maximum absolute atomic E-state index is 11.0. The van der Waals surface area contributed by atoms with Crippen molar-refractivity contribution >= 4 is 23.9 Å². The Labute approximate surface area is 111 Å². The first-order valence-corrected chi connectivity index (χ1v) is 7.65. The molecule has 2 aliphatic carbocycles. The average molecular weight is 263 g/mol. The number of aromatic nitrogens is 2. The van der Waals surface area contributed by atoms with Gasteiger partial charge in [0.1, 0.15) is 5.82 Å². The molecular formula is C13H17N3OS. The number of thioether (sulfide) groups is 1. The molecule has 1 N–H and O–H groups in total. The lowest BCUT2D eigenvalue weighted by molar-refractivity contribution is 0.112. The first-order chi connectivity index (χ1) is 8.80. The summed E-state index contributed by atoms with van der Waals surface area (Å²) >= 11 is 1.50.